The molecule has 0 saturated heterocycles. The van der Waals surface area contributed by atoms with Gasteiger partial charge in [-0.25, -0.2) is 0 Å². The maximum absolute atomic E-state index is 3.24. The van der Waals surface area contributed by atoms with Crippen molar-refractivity contribution in [1.82, 2.24) is 5.32 Å². The standard InChI is InChI=1S/C6H7NS/c1-3-7-6-5(1)2-4-8-6/h1-7H. The van der Waals surface area contributed by atoms with E-state index in [0.29, 0.717) is 11.3 Å². The summed E-state index contributed by atoms with van der Waals surface area (Å²) in [6.45, 7) is 0. The minimum Gasteiger partial charge on any atom is -0.378 e. The molecule has 2 atom stereocenters. The van der Waals surface area contributed by atoms with E-state index in [9.17, 15) is 0 Å². The molecule has 0 bridgehead atoms. The highest BCUT2D eigenvalue weighted by molar-refractivity contribution is 8.03. The molecule has 0 amide bonds. The summed E-state index contributed by atoms with van der Waals surface area (Å²) >= 11 is 1.86. The van der Waals surface area contributed by atoms with Gasteiger partial charge in [0.15, 0.2) is 0 Å². The van der Waals surface area contributed by atoms with Gasteiger partial charge in [0.1, 0.15) is 0 Å². The number of fused-ring (bicyclic) bond motifs is 1. The molecule has 0 radical (unpaired) electrons. The minimum absolute atomic E-state index is 0.620. The smallest absolute Gasteiger partial charge is 0.0856 e. The van der Waals surface area contributed by atoms with Crippen LogP contribution in [-0.4, -0.2) is 5.37 Å². The molecule has 0 fully saturated rings. The second-order valence-corrected chi connectivity index (χ2v) is 3.04. The van der Waals surface area contributed by atoms with Gasteiger partial charge in [0, 0.05) is 5.92 Å². The largest absolute Gasteiger partial charge is 0.378 e. The van der Waals surface area contributed by atoms with Crippen LogP contribution in [0.25, 0.3) is 0 Å². The van der Waals surface area contributed by atoms with Gasteiger partial charge in [-0.1, -0.05) is 12.2 Å². The van der Waals surface area contributed by atoms with Crippen LogP contribution in [0.4, 0.5) is 0 Å². The fraction of sp³-hybridized carbons (Fsp3) is 0.333. The van der Waals surface area contributed by atoms with E-state index < -0.39 is 0 Å². The average molecular weight is 125 g/mol. The van der Waals surface area contributed by atoms with Crippen molar-refractivity contribution in [3.05, 3.63) is 23.8 Å². The first-order valence-electron chi connectivity index (χ1n) is 2.72. The first-order valence-corrected chi connectivity index (χ1v) is 3.66. The van der Waals surface area contributed by atoms with Crippen molar-refractivity contribution in [2.24, 2.45) is 5.92 Å². The molecular weight excluding hydrogens is 118 g/mol. The van der Waals surface area contributed by atoms with Crippen molar-refractivity contribution >= 4 is 11.8 Å². The zero-order valence-electron chi connectivity index (χ0n) is 4.37. The highest BCUT2D eigenvalue weighted by Gasteiger charge is 2.22. The van der Waals surface area contributed by atoms with Gasteiger partial charge >= 0.3 is 0 Å². The lowest BCUT2D eigenvalue weighted by atomic mass is 10.2. The summed E-state index contributed by atoms with van der Waals surface area (Å²) in [4.78, 5) is 0. The van der Waals surface area contributed by atoms with Crippen LogP contribution in [0.1, 0.15) is 0 Å². The maximum Gasteiger partial charge on any atom is 0.0856 e. The van der Waals surface area contributed by atoms with E-state index >= 15 is 0 Å². The van der Waals surface area contributed by atoms with Gasteiger partial charge in [0.25, 0.3) is 0 Å². The van der Waals surface area contributed by atoms with Gasteiger partial charge in [0.05, 0.1) is 5.37 Å². The van der Waals surface area contributed by atoms with E-state index in [-0.39, 0.29) is 0 Å². The van der Waals surface area contributed by atoms with Crippen LogP contribution in [0.2, 0.25) is 0 Å². The SMILES string of the molecule is C1=CC2C=CSC2N1. The molecule has 1 N–H and O–H groups in total. The fourth-order valence-corrected chi connectivity index (χ4v) is 1.95. The van der Waals surface area contributed by atoms with Crippen LogP contribution >= 0.6 is 11.8 Å². The number of hydrogen-bond acceptors (Lipinski definition) is 2. The summed E-state index contributed by atoms with van der Waals surface area (Å²) in [6.07, 6.45) is 6.46. The Hall–Kier alpha value is -0.370. The number of nitrogens with one attached hydrogen (secondary N) is 1. The Bertz CT molecular complexity index is 135. The molecule has 2 aliphatic heterocycles. The Morgan fingerprint density at radius 3 is 3.25 bits per heavy atom. The van der Waals surface area contributed by atoms with Crippen LogP contribution in [0.5, 0.6) is 0 Å². The summed E-state index contributed by atoms with van der Waals surface area (Å²) < 4.78 is 0. The van der Waals surface area contributed by atoms with Gasteiger partial charge in [-0.2, -0.15) is 0 Å². The van der Waals surface area contributed by atoms with Gasteiger partial charge < -0.3 is 5.32 Å². The van der Waals surface area contributed by atoms with E-state index in [1.54, 1.807) is 0 Å². The lowest BCUT2D eigenvalue weighted by molar-refractivity contribution is 0.744. The Morgan fingerprint density at radius 1 is 1.38 bits per heavy atom. The fourth-order valence-electron chi connectivity index (χ4n) is 0.989. The predicted octanol–water partition coefficient (Wildman–Crippen LogP) is 1.31. The third-order valence-electron chi connectivity index (χ3n) is 1.45. The minimum atomic E-state index is 0.620. The van der Waals surface area contributed by atoms with Crippen molar-refractivity contribution in [2.75, 3.05) is 0 Å². The second kappa shape index (κ2) is 1.55. The Balaban J connectivity index is 2.22. The molecule has 1 nitrogen and oxygen atoms in total. The normalized spacial score (nSPS) is 40.0. The van der Waals surface area contributed by atoms with Crippen molar-refractivity contribution < 1.29 is 0 Å². The first kappa shape index (κ1) is 4.50. The zero-order valence-corrected chi connectivity index (χ0v) is 5.19. The number of rotatable bonds is 0. The summed E-state index contributed by atoms with van der Waals surface area (Å²) in [7, 11) is 0. The molecule has 42 valence electrons. The quantitative estimate of drug-likeness (QED) is 0.524. The summed E-state index contributed by atoms with van der Waals surface area (Å²) in [5.74, 6) is 0.667. The molecule has 2 aliphatic rings. The molecule has 0 aromatic rings. The first-order chi connectivity index (χ1) is 3.97. The number of hydrogen-bond donors (Lipinski definition) is 1. The molecule has 2 rings (SSSR count). The molecule has 8 heavy (non-hydrogen) atoms. The van der Waals surface area contributed by atoms with Gasteiger partial charge in [-0.3, -0.25) is 0 Å². The molecule has 0 aromatic carbocycles. The van der Waals surface area contributed by atoms with E-state index in [4.69, 9.17) is 0 Å². The van der Waals surface area contributed by atoms with E-state index in [1.165, 1.54) is 0 Å². The topological polar surface area (TPSA) is 12.0 Å². The Labute approximate surface area is 52.8 Å². The van der Waals surface area contributed by atoms with Crippen molar-refractivity contribution in [3.63, 3.8) is 0 Å². The van der Waals surface area contributed by atoms with Gasteiger partial charge in [-0.05, 0) is 11.6 Å². The predicted molar refractivity (Wildman–Crippen MR) is 36.3 cm³/mol. The number of thioether (sulfide) groups is 1. The monoisotopic (exact) mass is 125 g/mol. The molecule has 0 saturated carbocycles. The van der Waals surface area contributed by atoms with Crippen molar-refractivity contribution in [1.29, 1.82) is 0 Å². The van der Waals surface area contributed by atoms with Gasteiger partial charge in [0.2, 0.25) is 0 Å². The molecule has 2 unspecified atom stereocenters. The summed E-state index contributed by atoms with van der Waals surface area (Å²) in [5.41, 5.74) is 0. The second-order valence-electron chi connectivity index (χ2n) is 1.99. The van der Waals surface area contributed by atoms with Crippen LogP contribution in [0.3, 0.4) is 0 Å². The molecule has 0 aromatic heterocycles. The zero-order chi connectivity index (χ0) is 5.40. The third kappa shape index (κ3) is 0.494. The lowest BCUT2D eigenvalue weighted by Crippen LogP contribution is -2.17. The summed E-state index contributed by atoms with van der Waals surface area (Å²) in [6, 6.07) is 0. The van der Waals surface area contributed by atoms with E-state index in [0.717, 1.165) is 0 Å². The molecule has 2 heteroatoms. The van der Waals surface area contributed by atoms with Crippen molar-refractivity contribution in [2.45, 2.75) is 5.37 Å². The average Bonchev–Trinajstić information content (AvgIpc) is 2.15. The molecule has 2 heterocycles. The Morgan fingerprint density at radius 2 is 2.38 bits per heavy atom. The van der Waals surface area contributed by atoms with Crippen LogP contribution < -0.4 is 5.32 Å². The summed E-state index contributed by atoms with van der Waals surface area (Å²) in [5, 5.41) is 6.02. The van der Waals surface area contributed by atoms with Crippen LogP contribution in [0.15, 0.2) is 23.8 Å². The van der Waals surface area contributed by atoms with E-state index in [1.807, 2.05) is 18.0 Å². The highest BCUT2D eigenvalue weighted by atomic mass is 32.2. The highest BCUT2D eigenvalue weighted by Crippen LogP contribution is 2.31. The maximum atomic E-state index is 3.24. The van der Waals surface area contributed by atoms with Crippen molar-refractivity contribution in [3.8, 4) is 0 Å². The molecule has 0 aliphatic carbocycles. The van der Waals surface area contributed by atoms with Crippen LogP contribution in [0, 0.1) is 5.92 Å². The molecule has 0 spiro atoms. The van der Waals surface area contributed by atoms with Gasteiger partial charge in [-0.15, -0.1) is 11.8 Å². The Kier molecular flexibility index (Phi) is 0.875. The molecular formula is C6H7NS. The van der Waals surface area contributed by atoms with E-state index in [2.05, 4.69) is 22.9 Å². The lowest BCUT2D eigenvalue weighted by Gasteiger charge is -2.06. The third-order valence-corrected chi connectivity index (χ3v) is 2.51. The van der Waals surface area contributed by atoms with Crippen LogP contribution in [-0.2, 0) is 0 Å².